The monoisotopic (exact) mass is 396 g/mol. The Morgan fingerprint density at radius 1 is 1.34 bits per heavy atom. The van der Waals surface area contributed by atoms with E-state index < -0.39 is 12.1 Å². The summed E-state index contributed by atoms with van der Waals surface area (Å²) < 4.78 is 29.5. The van der Waals surface area contributed by atoms with E-state index in [2.05, 4.69) is 25.5 Å². The van der Waals surface area contributed by atoms with E-state index in [0.29, 0.717) is 33.8 Å². The maximum atomic E-state index is 14.8. The molecule has 2 atom stereocenters. The van der Waals surface area contributed by atoms with Crippen LogP contribution in [0, 0.1) is 11.7 Å². The molecule has 1 aromatic carbocycles. The number of fused-ring (bicyclic) bond motifs is 2. The summed E-state index contributed by atoms with van der Waals surface area (Å²) in [6, 6.07) is 1.47. The molecule has 148 valence electrons. The molecule has 7 nitrogen and oxygen atoms in total. The van der Waals surface area contributed by atoms with Gasteiger partial charge in [0.2, 0.25) is 5.91 Å². The Balaban J connectivity index is 1.55. The quantitative estimate of drug-likeness (QED) is 0.549. The van der Waals surface area contributed by atoms with Crippen molar-refractivity contribution < 1.29 is 13.6 Å². The van der Waals surface area contributed by atoms with Crippen molar-refractivity contribution in [2.75, 3.05) is 5.32 Å². The van der Waals surface area contributed by atoms with Gasteiger partial charge in [-0.05, 0) is 18.4 Å². The number of aromatic amines is 1. The maximum Gasteiger partial charge on any atom is 0.231 e. The molecule has 0 bridgehead atoms. The molecule has 0 spiro atoms. The summed E-state index contributed by atoms with van der Waals surface area (Å²) in [4.78, 5) is 20.6. The molecule has 29 heavy (non-hydrogen) atoms. The highest BCUT2D eigenvalue weighted by Gasteiger charge is 2.43. The number of carbonyl (C=O) groups is 1. The zero-order valence-electron chi connectivity index (χ0n) is 15.8. The van der Waals surface area contributed by atoms with Crippen LogP contribution in [-0.2, 0) is 4.79 Å². The third-order valence-electron chi connectivity index (χ3n) is 5.22. The number of benzene rings is 1. The molecule has 5 rings (SSSR count). The molecule has 9 heteroatoms. The summed E-state index contributed by atoms with van der Waals surface area (Å²) in [6.07, 6.45) is 5.72. The maximum absolute atomic E-state index is 14.8. The van der Waals surface area contributed by atoms with Gasteiger partial charge in [0.25, 0.3) is 0 Å². The second-order valence-corrected chi connectivity index (χ2v) is 7.64. The summed E-state index contributed by atoms with van der Waals surface area (Å²) >= 11 is 0. The number of halogens is 2. The van der Waals surface area contributed by atoms with Crippen molar-refractivity contribution in [3.8, 4) is 11.3 Å². The normalized spacial score (nSPS) is 18.7. The SMILES string of the molecule is CC(C)c1c(F)cc(-c2cn3cc(NC(=O)[C@@H]4C[C@@H]4F)nc3cn2)c2cn[nH]c12. The standard InChI is InChI=1S/C20H18F2N6O/c1-9(2)18-14(22)3-10(12-5-24-27-19(12)18)15-7-28-8-16(25-17(28)6-23-15)26-20(29)11-4-13(11)21/h3,5-9,11,13H,4H2,1-2H3,(H,24,27)(H,26,29)/t11-,13+/m1/s1. The lowest BCUT2D eigenvalue weighted by Gasteiger charge is -2.11. The van der Waals surface area contributed by atoms with Crippen molar-refractivity contribution in [3.63, 3.8) is 0 Å². The molecule has 1 saturated carbocycles. The van der Waals surface area contributed by atoms with Gasteiger partial charge >= 0.3 is 0 Å². The van der Waals surface area contributed by atoms with Gasteiger partial charge in [0, 0.05) is 22.7 Å². The van der Waals surface area contributed by atoms with Crippen molar-refractivity contribution in [2.45, 2.75) is 32.4 Å². The van der Waals surface area contributed by atoms with E-state index in [1.54, 1.807) is 29.2 Å². The van der Waals surface area contributed by atoms with Gasteiger partial charge in [0.15, 0.2) is 11.5 Å². The number of H-pyrrole nitrogens is 1. The van der Waals surface area contributed by atoms with E-state index in [4.69, 9.17) is 0 Å². The zero-order chi connectivity index (χ0) is 20.3. The number of hydrogen-bond acceptors (Lipinski definition) is 4. The van der Waals surface area contributed by atoms with Crippen LogP contribution in [0.2, 0.25) is 0 Å². The van der Waals surface area contributed by atoms with Crippen LogP contribution >= 0.6 is 0 Å². The van der Waals surface area contributed by atoms with Crippen LogP contribution in [0.25, 0.3) is 27.8 Å². The Morgan fingerprint density at radius 3 is 2.86 bits per heavy atom. The van der Waals surface area contributed by atoms with Gasteiger partial charge in [0.05, 0.1) is 35.7 Å². The smallest absolute Gasteiger partial charge is 0.231 e. The van der Waals surface area contributed by atoms with Gasteiger partial charge in [0.1, 0.15) is 12.0 Å². The number of imidazole rings is 1. The van der Waals surface area contributed by atoms with Crippen LogP contribution in [0.4, 0.5) is 14.6 Å². The highest BCUT2D eigenvalue weighted by molar-refractivity contribution is 5.96. The molecular formula is C20H18F2N6O. The number of nitrogens with one attached hydrogen (secondary N) is 2. The molecule has 0 unspecified atom stereocenters. The van der Waals surface area contributed by atoms with Crippen molar-refractivity contribution in [2.24, 2.45) is 5.92 Å². The fourth-order valence-electron chi connectivity index (χ4n) is 3.63. The second kappa shape index (κ2) is 6.33. The fraction of sp³-hybridized carbons (Fsp3) is 0.300. The van der Waals surface area contributed by atoms with E-state index in [9.17, 15) is 13.6 Å². The van der Waals surface area contributed by atoms with Crippen LogP contribution in [-0.4, -0.2) is 36.6 Å². The molecule has 0 saturated heterocycles. The number of anilines is 1. The molecule has 3 aromatic heterocycles. The van der Waals surface area contributed by atoms with Crippen molar-refractivity contribution in [1.29, 1.82) is 0 Å². The highest BCUT2D eigenvalue weighted by atomic mass is 19.1. The molecule has 3 heterocycles. The summed E-state index contributed by atoms with van der Waals surface area (Å²) in [5.74, 6) is -0.969. The van der Waals surface area contributed by atoms with Gasteiger partial charge < -0.3 is 9.72 Å². The molecule has 1 amide bonds. The van der Waals surface area contributed by atoms with Gasteiger partial charge in [-0.2, -0.15) is 5.10 Å². The largest absolute Gasteiger partial charge is 0.309 e. The summed E-state index contributed by atoms with van der Waals surface area (Å²) in [5.41, 5.74) is 2.90. The van der Waals surface area contributed by atoms with Crippen LogP contribution in [0.15, 0.2) is 30.9 Å². The molecule has 0 aliphatic heterocycles. The first-order valence-electron chi connectivity index (χ1n) is 9.38. The summed E-state index contributed by atoms with van der Waals surface area (Å²) in [7, 11) is 0. The summed E-state index contributed by atoms with van der Waals surface area (Å²) in [6.45, 7) is 3.85. The minimum absolute atomic E-state index is 0.00218. The lowest BCUT2D eigenvalue weighted by molar-refractivity contribution is -0.117. The molecule has 2 N–H and O–H groups in total. The first-order valence-corrected chi connectivity index (χ1v) is 9.38. The number of alkyl halides is 1. The van der Waals surface area contributed by atoms with E-state index in [-0.39, 0.29) is 24.1 Å². The second-order valence-electron chi connectivity index (χ2n) is 7.64. The van der Waals surface area contributed by atoms with E-state index >= 15 is 0 Å². The lowest BCUT2D eigenvalue weighted by atomic mass is 9.96. The topological polar surface area (TPSA) is 88.0 Å². The minimum atomic E-state index is -1.07. The van der Waals surface area contributed by atoms with Crippen molar-refractivity contribution in [1.82, 2.24) is 24.6 Å². The Hall–Kier alpha value is -3.36. The number of carbonyl (C=O) groups excluding carboxylic acids is 1. The Morgan fingerprint density at radius 2 is 2.14 bits per heavy atom. The van der Waals surface area contributed by atoms with Gasteiger partial charge in [-0.25, -0.2) is 13.8 Å². The molecule has 0 radical (unpaired) electrons. The first-order chi connectivity index (χ1) is 13.9. The molecule has 1 aliphatic carbocycles. The van der Waals surface area contributed by atoms with Crippen molar-refractivity contribution >= 4 is 28.3 Å². The number of hydrogen-bond donors (Lipinski definition) is 2. The minimum Gasteiger partial charge on any atom is -0.309 e. The fourth-order valence-corrected chi connectivity index (χ4v) is 3.63. The van der Waals surface area contributed by atoms with Crippen LogP contribution in [0.5, 0.6) is 0 Å². The molecule has 1 aliphatic rings. The average molecular weight is 396 g/mol. The number of nitrogens with zero attached hydrogens (tertiary/aromatic N) is 4. The third kappa shape index (κ3) is 2.93. The zero-order valence-corrected chi connectivity index (χ0v) is 15.8. The molecule has 4 aromatic rings. The molecule has 1 fully saturated rings. The highest BCUT2D eigenvalue weighted by Crippen LogP contribution is 2.35. The third-order valence-corrected chi connectivity index (χ3v) is 5.22. The van der Waals surface area contributed by atoms with Gasteiger partial charge in [-0.15, -0.1) is 0 Å². The number of aromatic nitrogens is 5. The van der Waals surface area contributed by atoms with Crippen LogP contribution in [0.1, 0.15) is 31.7 Å². The van der Waals surface area contributed by atoms with Gasteiger partial charge in [-0.1, -0.05) is 13.8 Å². The Bertz CT molecular complexity index is 1260. The van der Waals surface area contributed by atoms with Gasteiger partial charge in [-0.3, -0.25) is 14.9 Å². The predicted molar refractivity (Wildman–Crippen MR) is 104 cm³/mol. The Kier molecular flexibility index (Phi) is 3.87. The van der Waals surface area contributed by atoms with Crippen molar-refractivity contribution in [3.05, 3.63) is 42.2 Å². The number of rotatable bonds is 4. The summed E-state index contributed by atoms with van der Waals surface area (Å²) in [5, 5.41) is 10.4. The van der Waals surface area contributed by atoms with E-state index in [0.717, 1.165) is 5.39 Å². The van der Waals surface area contributed by atoms with Crippen LogP contribution < -0.4 is 5.32 Å². The van der Waals surface area contributed by atoms with E-state index in [1.807, 2.05) is 13.8 Å². The predicted octanol–water partition coefficient (Wildman–Crippen LogP) is 3.83. The lowest BCUT2D eigenvalue weighted by Crippen LogP contribution is -2.15. The Labute approximate surface area is 164 Å². The van der Waals surface area contributed by atoms with E-state index in [1.165, 1.54) is 6.07 Å². The first kappa shape index (κ1) is 17.7. The average Bonchev–Trinajstić information content (AvgIpc) is 3.05. The number of amides is 1. The molecular weight excluding hydrogens is 378 g/mol. The van der Waals surface area contributed by atoms with Crippen LogP contribution in [0.3, 0.4) is 0 Å².